The minimum atomic E-state index is 0.392. The molecule has 0 bridgehead atoms. The van der Waals surface area contributed by atoms with E-state index in [2.05, 4.69) is 94.1 Å². The van der Waals surface area contributed by atoms with E-state index in [9.17, 15) is 10.5 Å². The van der Waals surface area contributed by atoms with Gasteiger partial charge in [0.2, 0.25) is 0 Å². The van der Waals surface area contributed by atoms with Crippen molar-refractivity contribution in [2.75, 3.05) is 0 Å². The van der Waals surface area contributed by atoms with Crippen molar-refractivity contribution in [3.8, 4) is 45.8 Å². The molecule has 0 fully saturated rings. The van der Waals surface area contributed by atoms with Gasteiger partial charge < -0.3 is 18.0 Å². The zero-order chi connectivity index (χ0) is 41.1. The zero-order valence-electron chi connectivity index (χ0n) is 32.9. The van der Waals surface area contributed by atoms with Gasteiger partial charge in [0.25, 0.3) is 0 Å². The van der Waals surface area contributed by atoms with Crippen LogP contribution in [-0.2, 0) is 0 Å². The number of hydrogen-bond acceptors (Lipinski definition) is 4. The molecular formula is C56H30N4O2. The van der Waals surface area contributed by atoms with Crippen LogP contribution in [0.1, 0.15) is 11.1 Å². The van der Waals surface area contributed by atoms with Crippen LogP contribution in [0.4, 0.5) is 0 Å². The summed E-state index contributed by atoms with van der Waals surface area (Å²) in [6, 6.07) is 66.8. The normalized spacial score (nSPS) is 11.8. The molecule has 286 valence electrons. The second kappa shape index (κ2) is 12.8. The van der Waals surface area contributed by atoms with E-state index in [4.69, 9.17) is 8.83 Å². The molecule has 6 nitrogen and oxygen atoms in total. The Hall–Kier alpha value is -8.84. The molecule has 6 heteroatoms. The molecule has 13 rings (SSSR count). The number of para-hydroxylation sites is 4. The zero-order valence-corrected chi connectivity index (χ0v) is 32.9. The molecule has 0 N–H and O–H groups in total. The second-order valence-corrected chi connectivity index (χ2v) is 15.7. The average Bonchev–Trinajstić information content (AvgIpc) is 4.09. The van der Waals surface area contributed by atoms with Gasteiger partial charge in [-0.05, 0) is 59.7 Å². The molecule has 0 atom stereocenters. The van der Waals surface area contributed by atoms with E-state index in [1.807, 2.05) is 109 Å². The van der Waals surface area contributed by atoms with Gasteiger partial charge in [-0.2, -0.15) is 10.5 Å². The Morgan fingerprint density at radius 1 is 0.339 bits per heavy atom. The van der Waals surface area contributed by atoms with Crippen LogP contribution in [0.3, 0.4) is 0 Å². The van der Waals surface area contributed by atoms with Crippen molar-refractivity contribution in [1.82, 2.24) is 9.13 Å². The van der Waals surface area contributed by atoms with E-state index < -0.39 is 0 Å². The van der Waals surface area contributed by atoms with Crippen molar-refractivity contribution in [2.45, 2.75) is 0 Å². The summed E-state index contributed by atoms with van der Waals surface area (Å²) in [5.41, 5.74) is 11.8. The quantitative estimate of drug-likeness (QED) is 0.178. The summed E-state index contributed by atoms with van der Waals surface area (Å²) in [5, 5.41) is 31.4. The Balaban J connectivity index is 1.30. The Labute approximate surface area is 353 Å². The summed E-state index contributed by atoms with van der Waals surface area (Å²) in [5.74, 6) is 0. The molecule has 0 radical (unpaired) electrons. The van der Waals surface area contributed by atoms with Crippen LogP contribution in [0.5, 0.6) is 0 Å². The number of nitriles is 2. The van der Waals surface area contributed by atoms with Gasteiger partial charge in [-0.1, -0.05) is 133 Å². The average molecular weight is 791 g/mol. The summed E-state index contributed by atoms with van der Waals surface area (Å²) in [6.07, 6.45) is 0. The minimum absolute atomic E-state index is 0.392. The highest BCUT2D eigenvalue weighted by Gasteiger charge is 2.32. The van der Waals surface area contributed by atoms with Gasteiger partial charge in [0.1, 0.15) is 34.5 Å². The molecule has 0 aliphatic heterocycles. The summed E-state index contributed by atoms with van der Waals surface area (Å²) in [4.78, 5) is 0. The Bertz CT molecular complexity index is 3890. The molecular weight excluding hydrogens is 761 g/mol. The van der Waals surface area contributed by atoms with E-state index in [-0.39, 0.29) is 0 Å². The predicted octanol–water partition coefficient (Wildman–Crippen LogP) is 14.8. The molecule has 9 aromatic carbocycles. The van der Waals surface area contributed by atoms with Crippen LogP contribution in [0.15, 0.2) is 191 Å². The van der Waals surface area contributed by atoms with Gasteiger partial charge in [0.15, 0.2) is 0 Å². The van der Waals surface area contributed by atoms with Gasteiger partial charge in [-0.15, -0.1) is 0 Å². The van der Waals surface area contributed by atoms with Gasteiger partial charge in [0.05, 0.1) is 55.3 Å². The van der Waals surface area contributed by atoms with Crippen molar-refractivity contribution in [2.24, 2.45) is 0 Å². The van der Waals surface area contributed by atoms with E-state index in [1.54, 1.807) is 0 Å². The van der Waals surface area contributed by atoms with Gasteiger partial charge >= 0.3 is 0 Å². The first-order valence-electron chi connectivity index (χ1n) is 20.6. The van der Waals surface area contributed by atoms with Crippen LogP contribution in [0, 0.1) is 22.7 Å². The van der Waals surface area contributed by atoms with Crippen molar-refractivity contribution in [1.29, 1.82) is 10.5 Å². The Kier molecular flexibility index (Phi) is 7.05. The van der Waals surface area contributed by atoms with E-state index in [0.717, 1.165) is 104 Å². The smallest absolute Gasteiger partial charge is 0.145 e. The molecule has 0 saturated heterocycles. The number of rotatable bonds is 4. The number of benzene rings is 9. The van der Waals surface area contributed by atoms with Crippen molar-refractivity contribution in [3.63, 3.8) is 0 Å². The van der Waals surface area contributed by atoms with Crippen molar-refractivity contribution in [3.05, 3.63) is 193 Å². The van der Waals surface area contributed by atoms with E-state index in [1.165, 1.54) is 0 Å². The highest BCUT2D eigenvalue weighted by atomic mass is 16.3. The van der Waals surface area contributed by atoms with Gasteiger partial charge in [-0.25, -0.2) is 0 Å². The van der Waals surface area contributed by atoms with Crippen molar-refractivity contribution < 1.29 is 8.83 Å². The molecule has 62 heavy (non-hydrogen) atoms. The lowest BCUT2D eigenvalue weighted by Gasteiger charge is -2.25. The first-order chi connectivity index (χ1) is 30.7. The molecule has 0 unspecified atom stereocenters. The number of nitrogens with zero attached hydrogens (tertiary/aromatic N) is 4. The number of hydrogen-bond donors (Lipinski definition) is 0. The number of fused-ring (bicyclic) bond motifs is 14. The third-order valence-corrected chi connectivity index (χ3v) is 12.6. The fourth-order valence-corrected chi connectivity index (χ4v) is 10.1. The fraction of sp³-hybridized carbons (Fsp3) is 0. The number of aromatic nitrogens is 2. The highest BCUT2D eigenvalue weighted by molar-refractivity contribution is 6.26. The van der Waals surface area contributed by atoms with Crippen LogP contribution >= 0.6 is 0 Å². The van der Waals surface area contributed by atoms with Crippen LogP contribution in [0.25, 0.3) is 121 Å². The maximum Gasteiger partial charge on any atom is 0.145 e. The van der Waals surface area contributed by atoms with E-state index in [0.29, 0.717) is 28.1 Å². The topological polar surface area (TPSA) is 83.7 Å². The Morgan fingerprint density at radius 3 is 1.18 bits per heavy atom. The van der Waals surface area contributed by atoms with Gasteiger partial charge in [-0.3, -0.25) is 0 Å². The maximum absolute atomic E-state index is 11.7. The fourth-order valence-electron chi connectivity index (χ4n) is 10.1. The summed E-state index contributed by atoms with van der Waals surface area (Å²) in [7, 11) is 0. The molecule has 13 aromatic rings. The molecule has 0 aliphatic carbocycles. The Morgan fingerprint density at radius 2 is 0.726 bits per heavy atom. The van der Waals surface area contributed by atoms with Crippen molar-refractivity contribution >= 4 is 87.5 Å². The first kappa shape index (κ1) is 34.1. The van der Waals surface area contributed by atoms with Crippen LogP contribution in [-0.4, -0.2) is 9.13 Å². The third-order valence-electron chi connectivity index (χ3n) is 12.6. The van der Waals surface area contributed by atoms with Crippen LogP contribution < -0.4 is 0 Å². The molecule has 4 aromatic heterocycles. The first-order valence-corrected chi connectivity index (χ1v) is 20.6. The minimum Gasteiger partial charge on any atom is -0.455 e. The maximum atomic E-state index is 11.7. The molecule has 0 aliphatic rings. The number of furan rings is 2. The molecule has 0 amide bonds. The van der Waals surface area contributed by atoms with Gasteiger partial charge in [0, 0.05) is 43.4 Å². The molecule has 4 heterocycles. The SMILES string of the molecule is N#Cc1c(-c2ccccc2)c(C#N)c(-n2c3ccccc3c3c4oc5ccccc5c4ccc32)c(-c2ccccc2)c1-n1c2ccccc2c2c3oc4ccccc4c3ccc21. The molecule has 0 saturated carbocycles. The molecule has 0 spiro atoms. The highest BCUT2D eigenvalue weighted by Crippen LogP contribution is 2.50. The largest absolute Gasteiger partial charge is 0.455 e. The second-order valence-electron chi connectivity index (χ2n) is 15.7. The standard InChI is InChI=1S/C56H30N4O2/c57-31-41-49(33-15-3-1-4-16-33)42(32-58)54(60-44-24-12-8-22-40(44)52-46(60)30-28-38-36-20-10-14-26-48(36)62-56(38)52)50(34-17-5-2-6-18-34)53(41)59-43-23-11-7-21-39(43)51-45(59)29-27-37-35-19-9-13-25-47(35)61-55(37)51/h1-30H. The summed E-state index contributed by atoms with van der Waals surface area (Å²) < 4.78 is 17.9. The van der Waals surface area contributed by atoms with E-state index >= 15 is 0 Å². The lowest BCUT2D eigenvalue weighted by molar-refractivity contribution is 0.672. The third kappa shape index (κ3) is 4.50. The lowest BCUT2D eigenvalue weighted by Crippen LogP contribution is -2.11. The predicted molar refractivity (Wildman–Crippen MR) is 250 cm³/mol. The van der Waals surface area contributed by atoms with Crippen LogP contribution in [0.2, 0.25) is 0 Å². The monoisotopic (exact) mass is 790 g/mol. The summed E-state index contributed by atoms with van der Waals surface area (Å²) >= 11 is 0. The summed E-state index contributed by atoms with van der Waals surface area (Å²) in [6.45, 7) is 0. The lowest BCUT2D eigenvalue weighted by atomic mass is 9.86.